The minimum Gasteiger partial charge on any atom is -0.366 e. The SMILES string of the molecule is Cn1cccc(C(CC#Cc2cc(C(N)=O)c3ccnn3c2)c2cc(F)ccc2F)c1=O. The molecule has 0 bridgehead atoms. The third kappa shape index (κ3) is 4.01. The van der Waals surface area contributed by atoms with Crippen LogP contribution >= 0.6 is 0 Å². The van der Waals surface area contributed by atoms with Gasteiger partial charge in [-0.05, 0) is 42.0 Å². The minimum absolute atomic E-state index is 0.0443. The summed E-state index contributed by atoms with van der Waals surface area (Å²) in [5.41, 5.74) is 6.76. The molecule has 4 aromatic rings. The Morgan fingerprint density at radius 2 is 2.00 bits per heavy atom. The molecule has 0 spiro atoms. The Bertz CT molecular complexity index is 1460. The van der Waals surface area contributed by atoms with Gasteiger partial charge in [0.1, 0.15) is 11.6 Å². The summed E-state index contributed by atoms with van der Waals surface area (Å²) in [6, 6.07) is 9.59. The van der Waals surface area contributed by atoms with E-state index in [-0.39, 0.29) is 23.1 Å². The van der Waals surface area contributed by atoms with Crippen molar-refractivity contribution >= 4 is 11.4 Å². The van der Waals surface area contributed by atoms with Crippen molar-refractivity contribution in [2.24, 2.45) is 12.8 Å². The van der Waals surface area contributed by atoms with Gasteiger partial charge < -0.3 is 10.3 Å². The molecule has 3 aromatic heterocycles. The van der Waals surface area contributed by atoms with Crippen LogP contribution in [-0.2, 0) is 7.05 Å². The number of amides is 1. The molecule has 160 valence electrons. The molecule has 0 aliphatic carbocycles. The molecule has 3 heterocycles. The maximum absolute atomic E-state index is 14.6. The Morgan fingerprint density at radius 3 is 2.78 bits per heavy atom. The van der Waals surface area contributed by atoms with Gasteiger partial charge in [-0.1, -0.05) is 17.9 Å². The number of nitrogens with zero attached hydrogens (tertiary/aromatic N) is 3. The van der Waals surface area contributed by atoms with Gasteiger partial charge in [0.25, 0.3) is 11.5 Å². The maximum Gasteiger partial charge on any atom is 0.254 e. The predicted octanol–water partition coefficient (Wildman–Crippen LogP) is 2.98. The van der Waals surface area contributed by atoms with Crippen LogP contribution in [0.4, 0.5) is 8.78 Å². The van der Waals surface area contributed by atoms with Gasteiger partial charge in [0.15, 0.2) is 0 Å². The molecular formula is C24H18F2N4O2. The second kappa shape index (κ2) is 8.47. The molecule has 0 aliphatic heterocycles. The van der Waals surface area contributed by atoms with Crippen LogP contribution in [0.3, 0.4) is 0 Å². The number of halogens is 2. The molecule has 1 aromatic carbocycles. The van der Waals surface area contributed by atoms with Crippen molar-refractivity contribution in [2.45, 2.75) is 12.3 Å². The van der Waals surface area contributed by atoms with Crippen LogP contribution < -0.4 is 11.3 Å². The first-order chi connectivity index (χ1) is 15.3. The highest BCUT2D eigenvalue weighted by Gasteiger charge is 2.21. The van der Waals surface area contributed by atoms with Crippen molar-refractivity contribution in [2.75, 3.05) is 0 Å². The summed E-state index contributed by atoms with van der Waals surface area (Å²) in [5, 5.41) is 4.11. The Balaban J connectivity index is 1.77. The number of nitrogens with two attached hydrogens (primary N) is 1. The average molecular weight is 432 g/mol. The highest BCUT2D eigenvalue weighted by molar-refractivity contribution is 5.99. The van der Waals surface area contributed by atoms with E-state index >= 15 is 0 Å². The lowest BCUT2D eigenvalue weighted by Gasteiger charge is -2.16. The summed E-state index contributed by atoms with van der Waals surface area (Å²) < 4.78 is 31.3. The second-order valence-corrected chi connectivity index (χ2v) is 7.27. The summed E-state index contributed by atoms with van der Waals surface area (Å²) in [6.07, 6.45) is 4.80. The third-order valence-electron chi connectivity index (χ3n) is 5.17. The van der Waals surface area contributed by atoms with Gasteiger partial charge in [-0.15, -0.1) is 0 Å². The standard InChI is InChI=1S/C24H18F2N4O2/c1-29-11-3-6-18(24(29)32)17(19-13-16(25)7-8-21(19)26)5-2-4-15-12-20(23(27)31)22-9-10-28-30(22)14-15/h3,6-14,17H,5H2,1H3,(H2,27,31). The normalized spacial score (nSPS) is 11.7. The summed E-state index contributed by atoms with van der Waals surface area (Å²) in [6.45, 7) is 0. The largest absolute Gasteiger partial charge is 0.366 e. The van der Waals surface area contributed by atoms with Gasteiger partial charge in [-0.3, -0.25) is 9.59 Å². The lowest BCUT2D eigenvalue weighted by atomic mass is 9.89. The Labute approximate surface area is 181 Å². The molecule has 32 heavy (non-hydrogen) atoms. The van der Waals surface area contributed by atoms with Crippen molar-refractivity contribution in [1.29, 1.82) is 0 Å². The maximum atomic E-state index is 14.6. The molecule has 8 heteroatoms. The molecule has 1 atom stereocenters. The molecule has 0 radical (unpaired) electrons. The topological polar surface area (TPSA) is 82.4 Å². The molecule has 0 saturated heterocycles. The Kier molecular flexibility index (Phi) is 5.56. The van der Waals surface area contributed by atoms with Gasteiger partial charge in [0.2, 0.25) is 0 Å². The first-order valence-corrected chi connectivity index (χ1v) is 9.71. The number of carbonyl (C=O) groups is 1. The molecule has 0 fully saturated rings. The lowest BCUT2D eigenvalue weighted by molar-refractivity contribution is 0.100. The van der Waals surface area contributed by atoms with Gasteiger partial charge in [-0.25, -0.2) is 13.3 Å². The number of primary amides is 1. The number of pyridine rings is 2. The molecule has 6 nitrogen and oxygen atoms in total. The number of aryl methyl sites for hydroxylation is 1. The summed E-state index contributed by atoms with van der Waals surface area (Å²) in [5.74, 6) is 3.21. The van der Waals surface area contributed by atoms with Gasteiger partial charge in [-0.2, -0.15) is 5.10 Å². The van der Waals surface area contributed by atoms with Gasteiger partial charge in [0.05, 0.1) is 17.3 Å². The van der Waals surface area contributed by atoms with E-state index in [1.165, 1.54) is 15.3 Å². The molecule has 2 N–H and O–H groups in total. The van der Waals surface area contributed by atoms with E-state index in [4.69, 9.17) is 5.73 Å². The van der Waals surface area contributed by atoms with Crippen molar-refractivity contribution in [3.05, 3.63) is 105 Å². The van der Waals surface area contributed by atoms with Crippen LogP contribution in [0.25, 0.3) is 5.52 Å². The number of hydrogen-bond acceptors (Lipinski definition) is 3. The van der Waals surface area contributed by atoms with Gasteiger partial charge in [0, 0.05) is 42.9 Å². The fourth-order valence-electron chi connectivity index (χ4n) is 3.60. The van der Waals surface area contributed by atoms with Gasteiger partial charge >= 0.3 is 0 Å². The van der Waals surface area contributed by atoms with E-state index in [1.807, 2.05) is 0 Å². The summed E-state index contributed by atoms with van der Waals surface area (Å²) in [7, 11) is 1.58. The zero-order valence-electron chi connectivity index (χ0n) is 17.0. The summed E-state index contributed by atoms with van der Waals surface area (Å²) in [4.78, 5) is 24.5. The third-order valence-corrected chi connectivity index (χ3v) is 5.17. The van der Waals surface area contributed by atoms with E-state index in [0.29, 0.717) is 16.6 Å². The first kappa shape index (κ1) is 21.0. The lowest BCUT2D eigenvalue weighted by Crippen LogP contribution is -2.23. The fraction of sp³-hybridized carbons (Fsp3) is 0.125. The average Bonchev–Trinajstić information content (AvgIpc) is 3.23. The smallest absolute Gasteiger partial charge is 0.254 e. The van der Waals surface area contributed by atoms with Crippen LogP contribution in [0.1, 0.15) is 39.4 Å². The monoisotopic (exact) mass is 432 g/mol. The van der Waals surface area contributed by atoms with E-state index < -0.39 is 23.5 Å². The van der Waals surface area contributed by atoms with Crippen LogP contribution in [0.2, 0.25) is 0 Å². The first-order valence-electron chi connectivity index (χ1n) is 9.71. The Morgan fingerprint density at radius 1 is 1.19 bits per heavy atom. The Hall–Kier alpha value is -4.25. The number of carbonyl (C=O) groups excluding carboxylic acids is 1. The number of fused-ring (bicyclic) bond motifs is 1. The highest BCUT2D eigenvalue weighted by atomic mass is 19.1. The van der Waals surface area contributed by atoms with Crippen molar-refractivity contribution in [3.8, 4) is 11.8 Å². The van der Waals surface area contributed by atoms with E-state index in [1.54, 1.807) is 43.7 Å². The predicted molar refractivity (Wildman–Crippen MR) is 115 cm³/mol. The molecule has 0 saturated carbocycles. The van der Waals surface area contributed by atoms with Crippen molar-refractivity contribution in [1.82, 2.24) is 14.2 Å². The fourth-order valence-corrected chi connectivity index (χ4v) is 3.60. The molecule has 0 aliphatic rings. The van der Waals surface area contributed by atoms with Crippen molar-refractivity contribution < 1.29 is 13.6 Å². The molecule has 4 rings (SSSR count). The van der Waals surface area contributed by atoms with E-state index in [2.05, 4.69) is 16.9 Å². The van der Waals surface area contributed by atoms with Crippen LogP contribution in [0.5, 0.6) is 0 Å². The minimum atomic E-state index is -0.790. The second-order valence-electron chi connectivity index (χ2n) is 7.27. The van der Waals surface area contributed by atoms with Crippen LogP contribution in [0, 0.1) is 23.5 Å². The number of hydrogen-bond donors (Lipinski definition) is 1. The van der Waals surface area contributed by atoms with Crippen LogP contribution in [0.15, 0.2) is 65.8 Å². The zero-order valence-corrected chi connectivity index (χ0v) is 17.0. The quantitative estimate of drug-likeness (QED) is 0.504. The van der Waals surface area contributed by atoms with Crippen LogP contribution in [-0.4, -0.2) is 20.1 Å². The number of rotatable bonds is 4. The molecule has 1 unspecified atom stereocenters. The summed E-state index contributed by atoms with van der Waals surface area (Å²) >= 11 is 0. The zero-order chi connectivity index (χ0) is 22.8. The highest BCUT2D eigenvalue weighted by Crippen LogP contribution is 2.28. The van der Waals surface area contributed by atoms with E-state index in [0.717, 1.165) is 18.2 Å². The molecule has 1 amide bonds. The molecular weight excluding hydrogens is 414 g/mol. The number of aromatic nitrogens is 3. The van der Waals surface area contributed by atoms with E-state index in [9.17, 15) is 18.4 Å². The number of benzene rings is 1. The van der Waals surface area contributed by atoms with Crippen molar-refractivity contribution in [3.63, 3.8) is 0 Å².